The maximum absolute atomic E-state index is 14.9. The Hall–Kier alpha value is -4.60. The highest BCUT2D eigenvalue weighted by atomic mass is 32.2. The normalized spacial score (nSPS) is 29.4. The Balaban J connectivity index is 1.37. The first-order chi connectivity index (χ1) is 26.6. The maximum Gasteiger partial charge on any atom is 0.408 e. The van der Waals surface area contributed by atoms with Crippen molar-refractivity contribution in [1.82, 2.24) is 25.2 Å². The van der Waals surface area contributed by atoms with Gasteiger partial charge in [0.1, 0.15) is 40.9 Å². The molecule has 2 aliphatic heterocycles. The van der Waals surface area contributed by atoms with Crippen LogP contribution in [-0.2, 0) is 29.1 Å². The molecule has 3 N–H and O–H groups in total. The predicted octanol–water partition coefficient (Wildman–Crippen LogP) is 4.44. The number of pyridine rings is 1. The maximum atomic E-state index is 14.9. The summed E-state index contributed by atoms with van der Waals surface area (Å²) in [4.78, 5) is 64.7. The molecule has 6 rings (SSSR count). The van der Waals surface area contributed by atoms with Gasteiger partial charge < -0.3 is 34.6 Å². The van der Waals surface area contributed by atoms with Crippen LogP contribution in [0.2, 0.25) is 0 Å². The van der Waals surface area contributed by atoms with E-state index in [0.717, 1.165) is 11.8 Å². The molecule has 3 fully saturated rings. The third-order valence-corrected chi connectivity index (χ3v) is 13.8. The minimum Gasteiger partial charge on any atom is -0.497 e. The van der Waals surface area contributed by atoms with Gasteiger partial charge in [0, 0.05) is 31.8 Å². The minimum absolute atomic E-state index is 0.0294. The van der Waals surface area contributed by atoms with E-state index in [9.17, 15) is 27.6 Å². The zero-order valence-corrected chi connectivity index (χ0v) is 35.3. The van der Waals surface area contributed by atoms with Crippen molar-refractivity contribution >= 4 is 50.4 Å². The average molecular weight is 811 g/mol. The molecule has 1 unspecified atom stereocenters. The molecule has 16 heteroatoms. The van der Waals surface area contributed by atoms with Crippen molar-refractivity contribution in [2.24, 2.45) is 17.8 Å². The molecule has 2 aromatic rings. The Bertz CT molecular complexity index is 2040. The van der Waals surface area contributed by atoms with Crippen LogP contribution in [0.25, 0.3) is 10.8 Å². The van der Waals surface area contributed by atoms with E-state index in [0.29, 0.717) is 48.5 Å². The number of carbonyl (C=O) groups excluding carboxylic acids is 4. The highest BCUT2D eigenvalue weighted by molar-refractivity contribution is 7.91. The molecule has 7 atom stereocenters. The number of anilines is 1. The number of nitrogens with zero attached hydrogens (tertiary/aromatic N) is 3. The Labute approximate surface area is 335 Å². The fourth-order valence-corrected chi connectivity index (χ4v) is 9.14. The van der Waals surface area contributed by atoms with Crippen LogP contribution >= 0.6 is 0 Å². The number of methoxy groups -OCH3 is 1. The van der Waals surface area contributed by atoms with Crippen molar-refractivity contribution < 1.29 is 41.8 Å². The lowest BCUT2D eigenvalue weighted by Gasteiger charge is -2.33. The summed E-state index contributed by atoms with van der Waals surface area (Å²) in [5.41, 5.74) is -2.37. The molecule has 4 amide bonds. The number of nitrogens with one attached hydrogen (secondary N) is 3. The Morgan fingerprint density at radius 1 is 1.09 bits per heavy atom. The number of rotatable bonds is 8. The summed E-state index contributed by atoms with van der Waals surface area (Å²) in [5, 5.41) is 7.25. The third kappa shape index (κ3) is 9.10. The number of aromatic nitrogens is 1. The lowest BCUT2D eigenvalue weighted by molar-refractivity contribution is -0.142. The van der Waals surface area contributed by atoms with Crippen LogP contribution in [0.3, 0.4) is 0 Å². The molecule has 0 spiro atoms. The van der Waals surface area contributed by atoms with Crippen molar-refractivity contribution in [2.45, 2.75) is 121 Å². The topological polar surface area (TPSA) is 186 Å². The van der Waals surface area contributed by atoms with Gasteiger partial charge in [-0.25, -0.2) is 13.2 Å². The van der Waals surface area contributed by atoms with Gasteiger partial charge >= 0.3 is 6.09 Å². The largest absolute Gasteiger partial charge is 0.497 e. The van der Waals surface area contributed by atoms with Crippen molar-refractivity contribution in [1.29, 1.82) is 0 Å². The fraction of sp³-hybridized carbons (Fsp3) is 0.634. The highest BCUT2D eigenvalue weighted by Crippen LogP contribution is 2.47. The molecule has 4 aliphatic rings. The highest BCUT2D eigenvalue weighted by Gasteiger charge is 2.63. The second kappa shape index (κ2) is 15.6. The van der Waals surface area contributed by atoms with E-state index < -0.39 is 73.8 Å². The molecular weight excluding hydrogens is 753 g/mol. The summed E-state index contributed by atoms with van der Waals surface area (Å²) in [6, 6.07) is 5.21. The first-order valence-electron chi connectivity index (χ1n) is 19.8. The summed E-state index contributed by atoms with van der Waals surface area (Å²) in [6.45, 7) is 10.7. The summed E-state index contributed by atoms with van der Waals surface area (Å²) in [6.07, 6.45) is 5.46. The Kier molecular flexibility index (Phi) is 11.5. The van der Waals surface area contributed by atoms with Gasteiger partial charge in [0.2, 0.25) is 27.7 Å². The molecule has 1 aromatic carbocycles. The molecule has 2 aliphatic carbocycles. The molecule has 2 saturated carbocycles. The summed E-state index contributed by atoms with van der Waals surface area (Å²) in [7, 11) is 1.29. The lowest BCUT2D eigenvalue weighted by Crippen LogP contribution is -2.59. The SMILES string of the molecule is COc1ccc2c(O[C@@H]3C[C@H]4C(=O)N[C@]5(C(=O)NS(=O)(=O)C6(C)CC6)C[C@H]5/C=C\CCC(C)C[C@@H](C)[C@H](NC(=O)OC(C)(C)C)C(=O)N4C3)nc(N(C)C)cc2c1. The number of carbonyl (C=O) groups is 4. The third-order valence-electron chi connectivity index (χ3n) is 11.6. The van der Waals surface area contributed by atoms with Crippen LogP contribution in [0.1, 0.15) is 86.5 Å². The van der Waals surface area contributed by atoms with Gasteiger partial charge in [-0.1, -0.05) is 26.0 Å². The first kappa shape index (κ1) is 42.0. The summed E-state index contributed by atoms with van der Waals surface area (Å²) < 4.78 is 45.4. The molecule has 3 heterocycles. The average Bonchev–Trinajstić information content (AvgIpc) is 4.00. The van der Waals surface area contributed by atoms with Gasteiger partial charge in [0.05, 0.1) is 18.4 Å². The van der Waals surface area contributed by atoms with Crippen LogP contribution in [-0.4, -0.2) is 104 Å². The van der Waals surface area contributed by atoms with Crippen LogP contribution < -0.4 is 29.7 Å². The van der Waals surface area contributed by atoms with E-state index >= 15 is 0 Å². The molecular formula is C41H58N6O9S. The number of amides is 4. The number of ether oxygens (including phenoxy) is 3. The van der Waals surface area contributed by atoms with Gasteiger partial charge in [-0.05, 0) is 108 Å². The number of sulfonamides is 1. The zero-order chi connectivity index (χ0) is 41.7. The van der Waals surface area contributed by atoms with E-state index in [2.05, 4.69) is 22.3 Å². The van der Waals surface area contributed by atoms with Crippen molar-refractivity contribution in [3.05, 3.63) is 36.4 Å². The number of allylic oxidation sites excluding steroid dienone is 1. The second-order valence-corrected chi connectivity index (χ2v) is 20.0. The van der Waals surface area contributed by atoms with Gasteiger partial charge in [-0.2, -0.15) is 4.98 Å². The summed E-state index contributed by atoms with van der Waals surface area (Å²) in [5.74, 6) is -1.03. The standard InChI is InChI=1S/C41H58N6O9S/c1-24-12-10-11-13-27-22-41(27,37(50)45-57(52,53)40(6)16-17-40)44-34(48)31-21-29(23-47(31)36(49)33(25(2)18-24)43-38(51)56-39(3,4)5)55-35-30-15-14-28(54-9)19-26(30)20-32(42-35)46(7)8/h11,13-15,19-20,24-25,27,29,31,33H,10,12,16-18,21-23H2,1-9H3,(H,43,51)(H,44,48)(H,45,50)/b13-11-/t24?,25-,27-,29-,31+,33+,41-/m1/s1. The molecule has 0 bridgehead atoms. The summed E-state index contributed by atoms with van der Waals surface area (Å²) >= 11 is 0. The van der Waals surface area contributed by atoms with Gasteiger partial charge in [0.25, 0.3) is 5.91 Å². The van der Waals surface area contributed by atoms with E-state index in [-0.39, 0.29) is 31.2 Å². The number of hydrogen-bond donors (Lipinski definition) is 3. The number of alkyl carbamates (subject to hydrolysis) is 1. The fourth-order valence-electron chi connectivity index (χ4n) is 7.83. The van der Waals surface area contributed by atoms with E-state index in [1.54, 1.807) is 40.9 Å². The Morgan fingerprint density at radius 3 is 2.46 bits per heavy atom. The van der Waals surface area contributed by atoms with Crippen molar-refractivity contribution in [3.63, 3.8) is 0 Å². The predicted molar refractivity (Wildman–Crippen MR) is 215 cm³/mol. The molecule has 57 heavy (non-hydrogen) atoms. The van der Waals surface area contributed by atoms with Crippen molar-refractivity contribution in [2.75, 3.05) is 32.6 Å². The molecule has 312 valence electrons. The lowest BCUT2D eigenvalue weighted by atomic mass is 9.88. The second-order valence-electron chi connectivity index (χ2n) is 17.9. The van der Waals surface area contributed by atoms with Crippen LogP contribution in [0.15, 0.2) is 36.4 Å². The molecule has 1 saturated heterocycles. The molecule has 1 aromatic heterocycles. The Morgan fingerprint density at radius 2 is 1.81 bits per heavy atom. The van der Waals surface area contributed by atoms with Crippen LogP contribution in [0, 0.1) is 17.8 Å². The van der Waals surface area contributed by atoms with E-state index in [1.165, 1.54) is 4.90 Å². The van der Waals surface area contributed by atoms with Crippen LogP contribution in [0.5, 0.6) is 11.6 Å². The van der Waals surface area contributed by atoms with E-state index in [4.69, 9.17) is 19.2 Å². The van der Waals surface area contributed by atoms with Gasteiger partial charge in [-0.3, -0.25) is 19.1 Å². The van der Waals surface area contributed by atoms with E-state index in [1.807, 2.05) is 56.3 Å². The van der Waals surface area contributed by atoms with Crippen molar-refractivity contribution in [3.8, 4) is 11.6 Å². The van der Waals surface area contributed by atoms with Gasteiger partial charge in [0.15, 0.2) is 0 Å². The van der Waals surface area contributed by atoms with Crippen LogP contribution in [0.4, 0.5) is 10.6 Å². The monoisotopic (exact) mass is 810 g/mol. The molecule has 15 nitrogen and oxygen atoms in total. The first-order valence-corrected chi connectivity index (χ1v) is 21.3. The number of fused-ring (bicyclic) bond motifs is 3. The smallest absolute Gasteiger partial charge is 0.408 e. The number of benzene rings is 1. The van der Waals surface area contributed by atoms with Gasteiger partial charge in [-0.15, -0.1) is 0 Å². The zero-order valence-electron chi connectivity index (χ0n) is 34.5. The molecule has 0 radical (unpaired) electrons. The minimum atomic E-state index is -4.01. The quantitative estimate of drug-likeness (QED) is 0.321. The number of hydrogen-bond acceptors (Lipinski definition) is 11.